The van der Waals surface area contributed by atoms with E-state index in [0.29, 0.717) is 25.0 Å². The van der Waals surface area contributed by atoms with Crippen LogP contribution in [0.5, 0.6) is 5.88 Å². The van der Waals surface area contributed by atoms with Crippen LogP contribution in [-0.2, 0) is 0 Å². The smallest absolute Gasteiger partial charge is 0.226 e. The monoisotopic (exact) mass is 224 g/mol. The molecule has 16 heavy (non-hydrogen) atoms. The standard InChI is InChI=1S/C11H20N4O/c1-4-7-16-9-5-6-13-10(14-9)15-11(2,3)8-12/h5-6H,4,7-8,12H2,1-3H3,(H,13,14,15). The summed E-state index contributed by atoms with van der Waals surface area (Å²) in [7, 11) is 0. The fraction of sp³-hybridized carbons (Fsp3) is 0.636. The molecule has 0 aliphatic rings. The van der Waals surface area contributed by atoms with Crippen molar-refractivity contribution in [2.45, 2.75) is 32.7 Å². The van der Waals surface area contributed by atoms with Gasteiger partial charge in [0, 0.05) is 24.3 Å². The van der Waals surface area contributed by atoms with Crippen LogP contribution in [0.4, 0.5) is 5.95 Å². The molecule has 0 unspecified atom stereocenters. The molecule has 0 fully saturated rings. The SMILES string of the molecule is CCCOc1ccnc(NC(C)(C)CN)n1. The zero-order chi connectivity index (χ0) is 12.0. The molecule has 0 bridgehead atoms. The second kappa shape index (κ2) is 5.65. The quantitative estimate of drug-likeness (QED) is 0.764. The molecule has 1 aromatic heterocycles. The second-order valence-electron chi connectivity index (χ2n) is 4.28. The van der Waals surface area contributed by atoms with Crippen LogP contribution in [0.3, 0.4) is 0 Å². The van der Waals surface area contributed by atoms with Gasteiger partial charge in [0.1, 0.15) is 0 Å². The van der Waals surface area contributed by atoms with E-state index in [0.717, 1.165) is 6.42 Å². The molecule has 3 N–H and O–H groups in total. The third kappa shape index (κ3) is 4.02. The first-order chi connectivity index (χ1) is 7.57. The maximum Gasteiger partial charge on any atom is 0.226 e. The number of nitrogens with two attached hydrogens (primary N) is 1. The summed E-state index contributed by atoms with van der Waals surface area (Å²) in [5, 5.41) is 3.16. The van der Waals surface area contributed by atoms with Gasteiger partial charge in [-0.25, -0.2) is 4.98 Å². The molecule has 0 saturated heterocycles. The van der Waals surface area contributed by atoms with Gasteiger partial charge in [0.25, 0.3) is 0 Å². The minimum atomic E-state index is -0.219. The summed E-state index contributed by atoms with van der Waals surface area (Å²) in [4.78, 5) is 8.37. The minimum Gasteiger partial charge on any atom is -0.478 e. The first-order valence-corrected chi connectivity index (χ1v) is 5.51. The van der Waals surface area contributed by atoms with Crippen LogP contribution >= 0.6 is 0 Å². The summed E-state index contributed by atoms with van der Waals surface area (Å²) in [5.74, 6) is 1.14. The van der Waals surface area contributed by atoms with E-state index >= 15 is 0 Å². The van der Waals surface area contributed by atoms with Crippen molar-refractivity contribution in [1.82, 2.24) is 9.97 Å². The number of aromatic nitrogens is 2. The van der Waals surface area contributed by atoms with Crippen LogP contribution in [0.15, 0.2) is 12.3 Å². The highest BCUT2D eigenvalue weighted by Gasteiger charge is 2.16. The summed E-state index contributed by atoms with van der Waals surface area (Å²) in [6.07, 6.45) is 2.63. The lowest BCUT2D eigenvalue weighted by Crippen LogP contribution is -2.39. The molecule has 5 nitrogen and oxygen atoms in total. The van der Waals surface area contributed by atoms with Crippen molar-refractivity contribution < 1.29 is 4.74 Å². The number of hydrogen-bond donors (Lipinski definition) is 2. The highest BCUT2D eigenvalue weighted by molar-refractivity contribution is 5.30. The summed E-state index contributed by atoms with van der Waals surface area (Å²) in [5.41, 5.74) is 5.40. The normalized spacial score (nSPS) is 11.2. The molecular weight excluding hydrogens is 204 g/mol. The summed E-state index contributed by atoms with van der Waals surface area (Å²) >= 11 is 0. The average Bonchev–Trinajstić information content (AvgIpc) is 2.26. The van der Waals surface area contributed by atoms with Crippen LogP contribution in [0, 0.1) is 0 Å². The Balaban J connectivity index is 2.67. The number of nitrogens with zero attached hydrogens (tertiary/aromatic N) is 2. The number of nitrogens with one attached hydrogen (secondary N) is 1. The van der Waals surface area contributed by atoms with Gasteiger partial charge in [-0.15, -0.1) is 0 Å². The zero-order valence-corrected chi connectivity index (χ0v) is 10.2. The molecule has 0 aliphatic carbocycles. The van der Waals surface area contributed by atoms with E-state index in [-0.39, 0.29) is 5.54 Å². The van der Waals surface area contributed by atoms with Crippen molar-refractivity contribution in [3.8, 4) is 5.88 Å². The number of rotatable bonds is 6. The highest BCUT2D eigenvalue weighted by atomic mass is 16.5. The lowest BCUT2D eigenvalue weighted by Gasteiger charge is -2.24. The Morgan fingerprint density at radius 3 is 2.88 bits per heavy atom. The van der Waals surface area contributed by atoms with E-state index in [1.165, 1.54) is 0 Å². The number of ether oxygens (including phenoxy) is 1. The third-order valence-corrected chi connectivity index (χ3v) is 2.04. The zero-order valence-electron chi connectivity index (χ0n) is 10.2. The van der Waals surface area contributed by atoms with E-state index in [2.05, 4.69) is 22.2 Å². The van der Waals surface area contributed by atoms with Crippen molar-refractivity contribution in [3.05, 3.63) is 12.3 Å². The maximum atomic E-state index is 5.62. The largest absolute Gasteiger partial charge is 0.478 e. The van der Waals surface area contributed by atoms with E-state index in [1.807, 2.05) is 13.8 Å². The van der Waals surface area contributed by atoms with Gasteiger partial charge in [0.15, 0.2) is 0 Å². The first kappa shape index (κ1) is 12.7. The fourth-order valence-electron chi connectivity index (χ4n) is 1.04. The van der Waals surface area contributed by atoms with Gasteiger partial charge in [-0.3, -0.25) is 0 Å². The maximum absolute atomic E-state index is 5.62. The minimum absolute atomic E-state index is 0.219. The molecule has 90 valence electrons. The Kier molecular flexibility index (Phi) is 4.49. The molecule has 5 heteroatoms. The summed E-state index contributed by atoms with van der Waals surface area (Å²) in [6.45, 7) is 7.22. The van der Waals surface area contributed by atoms with E-state index in [4.69, 9.17) is 10.5 Å². The average molecular weight is 224 g/mol. The summed E-state index contributed by atoms with van der Waals surface area (Å²) < 4.78 is 5.42. The Labute approximate surface area is 96.4 Å². The molecule has 1 heterocycles. The second-order valence-corrected chi connectivity index (χ2v) is 4.28. The predicted octanol–water partition coefficient (Wildman–Crippen LogP) is 1.41. The molecule has 0 saturated carbocycles. The third-order valence-electron chi connectivity index (χ3n) is 2.04. The molecular formula is C11H20N4O. The van der Waals surface area contributed by atoms with Gasteiger partial charge in [-0.2, -0.15) is 4.98 Å². The van der Waals surface area contributed by atoms with Crippen molar-refractivity contribution in [2.75, 3.05) is 18.5 Å². The van der Waals surface area contributed by atoms with Crippen LogP contribution < -0.4 is 15.8 Å². The van der Waals surface area contributed by atoms with Gasteiger partial charge in [0.05, 0.1) is 6.61 Å². The molecule has 0 aliphatic heterocycles. The topological polar surface area (TPSA) is 73.1 Å². The fourth-order valence-corrected chi connectivity index (χ4v) is 1.04. The van der Waals surface area contributed by atoms with Crippen LogP contribution in [0.2, 0.25) is 0 Å². The first-order valence-electron chi connectivity index (χ1n) is 5.51. The Morgan fingerprint density at radius 1 is 1.50 bits per heavy atom. The van der Waals surface area contributed by atoms with Crippen molar-refractivity contribution in [3.63, 3.8) is 0 Å². The highest BCUT2D eigenvalue weighted by Crippen LogP contribution is 2.13. The van der Waals surface area contributed by atoms with Crippen LogP contribution in [0.1, 0.15) is 27.2 Å². The van der Waals surface area contributed by atoms with Crippen molar-refractivity contribution >= 4 is 5.95 Å². The Hall–Kier alpha value is -1.36. The van der Waals surface area contributed by atoms with Gasteiger partial charge in [-0.05, 0) is 20.3 Å². The van der Waals surface area contributed by atoms with Gasteiger partial charge in [-0.1, -0.05) is 6.92 Å². The van der Waals surface area contributed by atoms with Crippen LogP contribution in [-0.4, -0.2) is 28.7 Å². The number of hydrogen-bond acceptors (Lipinski definition) is 5. The number of anilines is 1. The Morgan fingerprint density at radius 2 is 2.25 bits per heavy atom. The predicted molar refractivity (Wildman–Crippen MR) is 64.6 cm³/mol. The molecule has 1 aromatic rings. The molecule has 0 radical (unpaired) electrons. The molecule has 0 amide bonds. The molecule has 0 aromatic carbocycles. The van der Waals surface area contributed by atoms with Crippen molar-refractivity contribution in [2.24, 2.45) is 5.73 Å². The summed E-state index contributed by atoms with van der Waals surface area (Å²) in [6, 6.07) is 1.75. The van der Waals surface area contributed by atoms with Crippen LogP contribution in [0.25, 0.3) is 0 Å². The van der Waals surface area contributed by atoms with Gasteiger partial charge in [0.2, 0.25) is 11.8 Å². The molecule has 0 atom stereocenters. The lowest BCUT2D eigenvalue weighted by molar-refractivity contribution is 0.305. The van der Waals surface area contributed by atoms with Crippen molar-refractivity contribution in [1.29, 1.82) is 0 Å². The van der Waals surface area contributed by atoms with E-state index < -0.39 is 0 Å². The van der Waals surface area contributed by atoms with Gasteiger partial charge >= 0.3 is 0 Å². The lowest BCUT2D eigenvalue weighted by atomic mass is 10.1. The van der Waals surface area contributed by atoms with E-state index in [1.54, 1.807) is 12.3 Å². The van der Waals surface area contributed by atoms with E-state index in [9.17, 15) is 0 Å². The van der Waals surface area contributed by atoms with Gasteiger partial charge < -0.3 is 15.8 Å². The molecule has 1 rings (SSSR count). The molecule has 0 spiro atoms. The Bertz CT molecular complexity index is 328.